The molecule has 15 heteroatoms. The maximum absolute atomic E-state index is 13.9. The number of hydrogen-bond donors (Lipinski definition) is 0. The third kappa shape index (κ3) is 6.45. The quantitative estimate of drug-likeness (QED) is 0.267. The smallest absolute Gasteiger partial charge is 0.303 e. The van der Waals surface area contributed by atoms with Gasteiger partial charge in [-0.2, -0.15) is 5.26 Å². The molecule has 0 aliphatic carbocycles. The summed E-state index contributed by atoms with van der Waals surface area (Å²) in [4.78, 5) is 28.4. The number of benzene rings is 1. The first-order valence-corrected chi connectivity index (χ1v) is 13.4. The van der Waals surface area contributed by atoms with Crippen molar-refractivity contribution in [1.82, 2.24) is 20.0 Å². The first kappa shape index (κ1) is 29.5. The largest absolute Gasteiger partial charge is 0.463 e. The lowest BCUT2D eigenvalue weighted by molar-refractivity contribution is -0.191. The molecule has 0 N–H and O–H groups in total. The van der Waals surface area contributed by atoms with E-state index in [0.29, 0.717) is 9.37 Å². The summed E-state index contributed by atoms with van der Waals surface area (Å²) in [5, 5.41) is 17.3. The lowest BCUT2D eigenvalue weighted by Gasteiger charge is -2.44. The number of ether oxygens (including phenoxy) is 3. The van der Waals surface area contributed by atoms with Crippen LogP contribution in [0.25, 0.3) is 11.3 Å². The van der Waals surface area contributed by atoms with Gasteiger partial charge < -0.3 is 14.2 Å². The molecule has 3 aromatic rings. The summed E-state index contributed by atoms with van der Waals surface area (Å²) in [7, 11) is 0. The first-order valence-electron chi connectivity index (χ1n) is 11.7. The van der Waals surface area contributed by atoms with Crippen molar-refractivity contribution in [3.8, 4) is 17.3 Å². The number of hydrogen-bond acceptors (Lipinski definition) is 10. The highest BCUT2D eigenvalue weighted by Crippen LogP contribution is 2.43. The summed E-state index contributed by atoms with van der Waals surface area (Å²) in [5.74, 6) is -6.04. The Labute approximate surface area is 238 Å². The molecule has 2 aromatic heterocycles. The van der Waals surface area contributed by atoms with E-state index in [9.17, 15) is 22.8 Å². The van der Waals surface area contributed by atoms with E-state index < -0.39 is 59.0 Å². The molecule has 2 unspecified atom stereocenters. The summed E-state index contributed by atoms with van der Waals surface area (Å²) >= 11 is 4.58. The molecule has 210 valence electrons. The fourth-order valence-corrected chi connectivity index (χ4v) is 5.94. The first-order chi connectivity index (χ1) is 19.0. The molecule has 4 rings (SSSR count). The summed E-state index contributed by atoms with van der Waals surface area (Å²) in [5.41, 5.74) is -0.444. The van der Waals surface area contributed by atoms with Gasteiger partial charge in [-0.15, -0.1) is 5.10 Å². The molecule has 0 bridgehead atoms. The molecule has 0 radical (unpaired) electrons. The van der Waals surface area contributed by atoms with Gasteiger partial charge in [0.25, 0.3) is 0 Å². The van der Waals surface area contributed by atoms with Gasteiger partial charge in [-0.1, -0.05) is 23.9 Å². The van der Waals surface area contributed by atoms with Crippen LogP contribution in [0, 0.1) is 34.7 Å². The van der Waals surface area contributed by atoms with E-state index in [1.807, 2.05) is 13.0 Å². The zero-order valence-corrected chi connectivity index (χ0v) is 23.6. The number of rotatable bonds is 7. The lowest BCUT2D eigenvalue weighted by Crippen LogP contribution is -2.53. The highest BCUT2D eigenvalue weighted by atomic mass is 79.9. The molecular weight excluding hydrogens is 619 g/mol. The zero-order chi connectivity index (χ0) is 29.1. The SMILES string of the molecule is CC(=O)OCC1O[C@H](Sc2cnc(C#N)c(Br)c2)C(C)[C@@H](n2cc(-c3cc(F)c(F)c(F)c3)nn2)[C@H]1OC(C)=O. The highest BCUT2D eigenvalue weighted by Gasteiger charge is 2.48. The monoisotopic (exact) mass is 639 g/mol. The van der Waals surface area contributed by atoms with Gasteiger partial charge in [-0.3, -0.25) is 9.59 Å². The minimum Gasteiger partial charge on any atom is -0.463 e. The highest BCUT2D eigenvalue weighted by molar-refractivity contribution is 9.10. The minimum absolute atomic E-state index is 0.0408. The third-order valence-electron chi connectivity index (χ3n) is 6.00. The molecule has 1 aromatic carbocycles. The van der Waals surface area contributed by atoms with Gasteiger partial charge in [0.05, 0.1) is 16.7 Å². The molecule has 5 atom stereocenters. The maximum Gasteiger partial charge on any atom is 0.303 e. The Kier molecular flexibility index (Phi) is 9.12. The Hall–Kier alpha value is -3.48. The van der Waals surface area contributed by atoms with E-state index in [0.717, 1.165) is 12.1 Å². The van der Waals surface area contributed by atoms with E-state index >= 15 is 0 Å². The van der Waals surface area contributed by atoms with Gasteiger partial charge in [0.1, 0.15) is 29.9 Å². The molecule has 10 nitrogen and oxygen atoms in total. The van der Waals surface area contributed by atoms with Crippen LogP contribution in [0.4, 0.5) is 13.2 Å². The van der Waals surface area contributed by atoms with Crippen molar-refractivity contribution in [1.29, 1.82) is 5.26 Å². The van der Waals surface area contributed by atoms with Crippen molar-refractivity contribution in [2.75, 3.05) is 6.61 Å². The molecule has 1 saturated heterocycles. The van der Waals surface area contributed by atoms with E-state index in [1.165, 1.54) is 42.7 Å². The minimum atomic E-state index is -1.61. The Morgan fingerprint density at radius 3 is 2.50 bits per heavy atom. The Morgan fingerprint density at radius 1 is 1.20 bits per heavy atom. The number of nitriles is 1. The Morgan fingerprint density at radius 2 is 1.90 bits per heavy atom. The number of halogens is 4. The summed E-state index contributed by atoms with van der Waals surface area (Å²) in [6, 6.07) is 4.50. The summed E-state index contributed by atoms with van der Waals surface area (Å²) < 4.78 is 60.1. The number of thioether (sulfide) groups is 1. The van der Waals surface area contributed by atoms with Crippen LogP contribution in [0.5, 0.6) is 0 Å². The molecule has 0 saturated carbocycles. The molecule has 0 amide bonds. The van der Waals surface area contributed by atoms with E-state index in [4.69, 9.17) is 19.5 Å². The van der Waals surface area contributed by atoms with Crippen molar-refractivity contribution >= 4 is 39.6 Å². The number of nitrogens with zero attached hydrogens (tertiary/aromatic N) is 5. The second kappa shape index (κ2) is 12.4. The van der Waals surface area contributed by atoms with Crippen LogP contribution in [0.2, 0.25) is 0 Å². The number of esters is 2. The van der Waals surface area contributed by atoms with Crippen LogP contribution in [0.15, 0.2) is 40.0 Å². The molecule has 1 aliphatic rings. The fraction of sp³-hybridized carbons (Fsp3) is 0.360. The van der Waals surface area contributed by atoms with Crippen molar-refractivity contribution < 1.29 is 37.0 Å². The predicted molar refractivity (Wildman–Crippen MR) is 137 cm³/mol. The second-order valence-electron chi connectivity index (χ2n) is 8.84. The number of aromatic nitrogens is 4. The van der Waals surface area contributed by atoms with Gasteiger partial charge in [0.15, 0.2) is 29.2 Å². The van der Waals surface area contributed by atoms with Crippen molar-refractivity contribution in [2.45, 2.75) is 49.4 Å². The van der Waals surface area contributed by atoms with E-state index in [1.54, 1.807) is 6.07 Å². The van der Waals surface area contributed by atoms with Crippen LogP contribution < -0.4 is 0 Å². The van der Waals surface area contributed by atoms with Crippen LogP contribution >= 0.6 is 27.7 Å². The lowest BCUT2D eigenvalue weighted by atomic mass is 9.90. The summed E-state index contributed by atoms with van der Waals surface area (Å²) in [6.45, 7) is 3.99. The molecular formula is C25H21BrF3N5O5S. The zero-order valence-electron chi connectivity index (χ0n) is 21.2. The molecule has 1 aliphatic heterocycles. The van der Waals surface area contributed by atoms with Crippen LogP contribution in [-0.4, -0.2) is 56.2 Å². The van der Waals surface area contributed by atoms with Gasteiger partial charge in [-0.05, 0) is 34.1 Å². The predicted octanol–water partition coefficient (Wildman–Crippen LogP) is 4.58. The van der Waals surface area contributed by atoms with Crippen LogP contribution in [0.1, 0.15) is 32.5 Å². The molecule has 3 heterocycles. The van der Waals surface area contributed by atoms with Gasteiger partial charge in [-0.25, -0.2) is 22.8 Å². The normalized spacial score (nSPS) is 22.4. The number of carbonyl (C=O) groups is 2. The van der Waals surface area contributed by atoms with Crippen molar-refractivity contribution in [3.05, 3.63) is 58.2 Å². The summed E-state index contributed by atoms with van der Waals surface area (Å²) in [6.07, 6.45) is 0.948. The topological polar surface area (TPSA) is 129 Å². The molecule has 40 heavy (non-hydrogen) atoms. The van der Waals surface area contributed by atoms with Gasteiger partial charge in [0.2, 0.25) is 0 Å². The maximum atomic E-state index is 13.9. The van der Waals surface area contributed by atoms with Crippen molar-refractivity contribution in [2.24, 2.45) is 5.92 Å². The Bertz CT molecular complexity index is 1460. The fourth-order valence-electron chi connectivity index (χ4n) is 4.21. The average Bonchev–Trinajstić information content (AvgIpc) is 3.37. The van der Waals surface area contributed by atoms with Gasteiger partial charge >= 0.3 is 11.9 Å². The van der Waals surface area contributed by atoms with E-state index in [-0.39, 0.29) is 23.6 Å². The van der Waals surface area contributed by atoms with E-state index in [2.05, 4.69) is 31.2 Å². The molecule has 1 fully saturated rings. The van der Waals surface area contributed by atoms with Gasteiger partial charge in [0, 0.05) is 36.4 Å². The Balaban J connectivity index is 1.73. The standard InChI is InChI=1S/C25H21BrF3N5O5S/c1-11-23(34-9-20(32-33-34)14-4-17(27)22(29)18(28)5-14)24(38-13(3)36)21(10-37-12(2)35)39-25(11)40-15-6-16(26)19(7-30)31-8-15/h4-6,8-9,11,21,23-25H,10H2,1-3H3/t11?,21?,23-,24+,25-/m1/s1. The third-order valence-corrected chi connectivity index (χ3v) is 7.88. The molecule has 0 spiro atoms. The van der Waals surface area contributed by atoms with Crippen molar-refractivity contribution in [3.63, 3.8) is 0 Å². The number of pyridine rings is 1. The van der Waals surface area contributed by atoms with Crippen LogP contribution in [-0.2, 0) is 23.8 Å². The second-order valence-corrected chi connectivity index (χ2v) is 10.9. The average molecular weight is 640 g/mol. The van der Waals surface area contributed by atoms with Crippen LogP contribution in [0.3, 0.4) is 0 Å². The number of carbonyl (C=O) groups excluding carboxylic acids is 2.